The molecule has 2 N–H and O–H groups in total. The van der Waals surface area contributed by atoms with Gasteiger partial charge in [-0.2, -0.15) is 0 Å². The third-order valence-corrected chi connectivity index (χ3v) is 5.24. The quantitative estimate of drug-likeness (QED) is 0.772. The van der Waals surface area contributed by atoms with Crippen molar-refractivity contribution in [2.75, 3.05) is 38.1 Å². The van der Waals surface area contributed by atoms with E-state index < -0.39 is 0 Å². The molecule has 1 aromatic carbocycles. The maximum Gasteiger partial charge on any atom is 0.230 e. The summed E-state index contributed by atoms with van der Waals surface area (Å²) < 4.78 is 1.59. The molecule has 9 heteroatoms. The van der Waals surface area contributed by atoms with Crippen molar-refractivity contribution >= 4 is 11.6 Å². The van der Waals surface area contributed by atoms with Crippen LogP contribution in [-0.2, 0) is 4.79 Å². The number of rotatable bonds is 5. The minimum Gasteiger partial charge on any atom is -0.371 e. The molecular weight excluding hydrogens is 332 g/mol. The second-order valence-electron chi connectivity index (χ2n) is 7.02. The third-order valence-electron chi connectivity index (χ3n) is 5.24. The van der Waals surface area contributed by atoms with Crippen LogP contribution in [0.1, 0.15) is 12.6 Å². The molecule has 0 radical (unpaired) electrons. The molecule has 9 nitrogen and oxygen atoms in total. The van der Waals surface area contributed by atoms with Crippen LogP contribution in [0.4, 0.5) is 5.69 Å². The van der Waals surface area contributed by atoms with E-state index in [1.165, 1.54) is 12.0 Å². The predicted molar refractivity (Wildman–Crippen MR) is 95.9 cm³/mol. The number of aromatic nitrogens is 4. The van der Waals surface area contributed by atoms with E-state index in [0.717, 1.165) is 26.1 Å². The first-order valence-corrected chi connectivity index (χ1v) is 8.98. The average Bonchev–Trinajstić information content (AvgIpc) is 3.42. The van der Waals surface area contributed by atoms with Crippen molar-refractivity contribution in [3.05, 3.63) is 36.7 Å². The summed E-state index contributed by atoms with van der Waals surface area (Å²) in [5, 5.41) is 11.2. The molecule has 0 saturated carbocycles. The maximum absolute atomic E-state index is 12.9. The van der Waals surface area contributed by atoms with E-state index in [1.54, 1.807) is 4.68 Å². The second kappa shape index (κ2) is 7.38. The average molecular weight is 356 g/mol. The molecule has 138 valence electrons. The van der Waals surface area contributed by atoms with Gasteiger partial charge in [0.1, 0.15) is 12.5 Å². The van der Waals surface area contributed by atoms with Crippen molar-refractivity contribution in [2.45, 2.75) is 12.6 Å². The van der Waals surface area contributed by atoms with E-state index in [4.69, 9.17) is 0 Å². The zero-order valence-corrected chi connectivity index (χ0v) is 14.8. The number of tetrazole rings is 1. The number of hydrazine groups is 1. The molecule has 2 aliphatic heterocycles. The Hall–Kier alpha value is -2.52. The molecule has 2 fully saturated rings. The van der Waals surface area contributed by atoms with Gasteiger partial charge < -0.3 is 9.80 Å². The van der Waals surface area contributed by atoms with Gasteiger partial charge >= 0.3 is 0 Å². The lowest BCUT2D eigenvalue weighted by Crippen LogP contribution is -2.41. The van der Waals surface area contributed by atoms with Gasteiger partial charge in [-0.15, -0.1) is 5.10 Å². The summed E-state index contributed by atoms with van der Waals surface area (Å²) in [6.07, 6.45) is 2.37. The van der Waals surface area contributed by atoms with Crippen LogP contribution in [-0.4, -0.2) is 64.2 Å². The summed E-state index contributed by atoms with van der Waals surface area (Å²) in [6, 6.07) is 10.5. The fourth-order valence-electron chi connectivity index (χ4n) is 3.87. The Kier molecular flexibility index (Phi) is 4.81. The van der Waals surface area contributed by atoms with E-state index in [0.29, 0.717) is 12.5 Å². The first-order valence-electron chi connectivity index (χ1n) is 8.98. The summed E-state index contributed by atoms with van der Waals surface area (Å²) in [6.45, 7) is 3.35. The molecule has 0 aliphatic carbocycles. The largest absolute Gasteiger partial charge is 0.371 e. The van der Waals surface area contributed by atoms with Crippen molar-refractivity contribution < 1.29 is 4.79 Å². The SMILES string of the molecule is CN(CC1CCN(c2ccccc2)C1)C(=O)C1CNNC1n1cnnn1. The van der Waals surface area contributed by atoms with Crippen LogP contribution in [0, 0.1) is 11.8 Å². The Morgan fingerprint density at radius 3 is 2.96 bits per heavy atom. The van der Waals surface area contributed by atoms with E-state index in [9.17, 15) is 4.79 Å². The Bertz CT molecular complexity index is 722. The molecule has 1 aromatic heterocycles. The normalized spacial score (nSPS) is 25.6. The predicted octanol–water partition coefficient (Wildman–Crippen LogP) is -0.119. The summed E-state index contributed by atoms with van der Waals surface area (Å²) >= 11 is 0. The highest BCUT2D eigenvalue weighted by atomic mass is 16.2. The van der Waals surface area contributed by atoms with E-state index in [2.05, 4.69) is 55.5 Å². The van der Waals surface area contributed by atoms with Crippen molar-refractivity contribution in [1.29, 1.82) is 0 Å². The monoisotopic (exact) mass is 356 g/mol. The molecule has 3 atom stereocenters. The number of hydrogen-bond donors (Lipinski definition) is 2. The Morgan fingerprint density at radius 2 is 2.19 bits per heavy atom. The van der Waals surface area contributed by atoms with Gasteiger partial charge in [0.2, 0.25) is 5.91 Å². The van der Waals surface area contributed by atoms with Crippen molar-refractivity contribution in [1.82, 2.24) is 36.0 Å². The minimum absolute atomic E-state index is 0.112. The summed E-state index contributed by atoms with van der Waals surface area (Å²) in [4.78, 5) is 17.2. The second-order valence-corrected chi connectivity index (χ2v) is 7.02. The van der Waals surface area contributed by atoms with Gasteiger partial charge in [0, 0.05) is 38.9 Å². The Labute approximate surface area is 152 Å². The van der Waals surface area contributed by atoms with Crippen LogP contribution in [0.5, 0.6) is 0 Å². The van der Waals surface area contributed by atoms with Gasteiger partial charge in [0.15, 0.2) is 0 Å². The van der Waals surface area contributed by atoms with Crippen LogP contribution in [0.15, 0.2) is 36.7 Å². The fraction of sp³-hybridized carbons (Fsp3) is 0.529. The highest BCUT2D eigenvalue weighted by Gasteiger charge is 2.37. The van der Waals surface area contributed by atoms with Crippen LogP contribution in [0.3, 0.4) is 0 Å². The van der Waals surface area contributed by atoms with E-state index in [-0.39, 0.29) is 18.0 Å². The molecule has 26 heavy (non-hydrogen) atoms. The highest BCUT2D eigenvalue weighted by Crippen LogP contribution is 2.25. The van der Waals surface area contributed by atoms with E-state index >= 15 is 0 Å². The third kappa shape index (κ3) is 3.40. The smallest absolute Gasteiger partial charge is 0.230 e. The maximum atomic E-state index is 12.9. The van der Waals surface area contributed by atoms with Crippen molar-refractivity contribution in [3.8, 4) is 0 Å². The van der Waals surface area contributed by atoms with Gasteiger partial charge in [-0.25, -0.2) is 10.1 Å². The van der Waals surface area contributed by atoms with Crippen LogP contribution in [0.2, 0.25) is 0 Å². The van der Waals surface area contributed by atoms with Crippen LogP contribution < -0.4 is 15.8 Å². The number of nitrogens with one attached hydrogen (secondary N) is 2. The van der Waals surface area contributed by atoms with Gasteiger partial charge in [0.05, 0.1) is 5.92 Å². The molecule has 3 heterocycles. The van der Waals surface area contributed by atoms with Gasteiger partial charge in [0.25, 0.3) is 0 Å². The number of anilines is 1. The standard InChI is InChI=1S/C17H24N8O/c1-23(10-13-7-8-24(11-13)14-5-3-2-4-6-14)17(26)15-9-18-20-16(15)25-12-19-21-22-25/h2-6,12-13,15-16,18,20H,7-11H2,1H3. The summed E-state index contributed by atoms with van der Waals surface area (Å²) in [7, 11) is 1.89. The lowest BCUT2D eigenvalue weighted by atomic mass is 10.0. The summed E-state index contributed by atoms with van der Waals surface area (Å²) in [5.74, 6) is 0.370. The molecule has 0 bridgehead atoms. The molecule has 3 unspecified atom stereocenters. The van der Waals surface area contributed by atoms with E-state index in [1.807, 2.05) is 18.0 Å². The number of benzene rings is 1. The molecule has 0 spiro atoms. The first-order chi connectivity index (χ1) is 12.7. The molecule has 1 amide bonds. The van der Waals surface area contributed by atoms with Crippen LogP contribution in [0.25, 0.3) is 0 Å². The number of nitrogens with zero attached hydrogens (tertiary/aromatic N) is 6. The lowest BCUT2D eigenvalue weighted by molar-refractivity contribution is -0.135. The molecule has 2 aliphatic rings. The first kappa shape index (κ1) is 16.9. The number of para-hydroxylation sites is 1. The topological polar surface area (TPSA) is 91.2 Å². The van der Waals surface area contributed by atoms with Gasteiger partial charge in [-0.05, 0) is 34.9 Å². The number of amides is 1. The fourth-order valence-corrected chi connectivity index (χ4v) is 3.87. The lowest BCUT2D eigenvalue weighted by Gasteiger charge is -2.26. The minimum atomic E-state index is -0.260. The summed E-state index contributed by atoms with van der Waals surface area (Å²) in [5.41, 5.74) is 7.38. The zero-order chi connectivity index (χ0) is 17.9. The van der Waals surface area contributed by atoms with Gasteiger partial charge in [-0.1, -0.05) is 18.2 Å². The molecule has 2 saturated heterocycles. The number of hydrogen-bond acceptors (Lipinski definition) is 7. The number of carbonyl (C=O) groups excluding carboxylic acids is 1. The molecule has 4 rings (SSSR count). The van der Waals surface area contributed by atoms with Crippen molar-refractivity contribution in [2.24, 2.45) is 11.8 Å². The van der Waals surface area contributed by atoms with Crippen molar-refractivity contribution in [3.63, 3.8) is 0 Å². The number of carbonyl (C=O) groups is 1. The van der Waals surface area contributed by atoms with Crippen LogP contribution >= 0.6 is 0 Å². The molecular formula is C17H24N8O. The highest BCUT2D eigenvalue weighted by molar-refractivity contribution is 5.79. The Morgan fingerprint density at radius 1 is 1.35 bits per heavy atom. The zero-order valence-electron chi connectivity index (χ0n) is 14.8. The van der Waals surface area contributed by atoms with Gasteiger partial charge in [-0.3, -0.25) is 10.2 Å². The molecule has 2 aromatic rings. The Balaban J connectivity index is 1.35.